The normalized spacial score (nSPS) is 15.5. The Morgan fingerprint density at radius 2 is 1.77 bits per heavy atom. The largest absolute Gasteiger partial charge is 0.279 e. The lowest BCUT2D eigenvalue weighted by Gasteiger charge is -2.07. The van der Waals surface area contributed by atoms with Crippen LogP contribution in [-0.2, 0) is 0 Å². The zero-order valence-corrected chi connectivity index (χ0v) is 14.7. The van der Waals surface area contributed by atoms with Crippen molar-refractivity contribution in [2.45, 2.75) is 17.3 Å². The van der Waals surface area contributed by atoms with E-state index in [0.29, 0.717) is 16.4 Å². The van der Waals surface area contributed by atoms with Gasteiger partial charge >= 0.3 is 0 Å². The van der Waals surface area contributed by atoms with E-state index in [1.54, 1.807) is 12.1 Å². The van der Waals surface area contributed by atoms with Gasteiger partial charge in [-0.3, -0.25) is 9.59 Å². The first-order valence-electron chi connectivity index (χ1n) is 8.00. The molecule has 4 rings (SSSR count). The first-order chi connectivity index (χ1) is 12.6. The molecule has 0 saturated carbocycles. The second-order valence-corrected chi connectivity index (χ2v) is 7.06. The maximum Gasteiger partial charge on any atom is 0.279 e. The van der Waals surface area contributed by atoms with E-state index < -0.39 is 10.8 Å². The molecule has 5 nitrogen and oxygen atoms in total. The Morgan fingerprint density at radius 1 is 1.08 bits per heavy atom. The van der Waals surface area contributed by atoms with Crippen molar-refractivity contribution in [1.29, 1.82) is 5.26 Å². The van der Waals surface area contributed by atoms with E-state index in [4.69, 9.17) is 0 Å². The van der Waals surface area contributed by atoms with Gasteiger partial charge in [-0.15, -0.1) is 0 Å². The van der Waals surface area contributed by atoms with Crippen LogP contribution in [0.25, 0.3) is 11.3 Å². The van der Waals surface area contributed by atoms with Crippen LogP contribution in [0.5, 0.6) is 0 Å². The summed E-state index contributed by atoms with van der Waals surface area (Å²) >= 11 is 1.24. The Hall–Kier alpha value is -3.17. The molecule has 0 saturated heterocycles. The minimum atomic E-state index is -0.608. The zero-order valence-electron chi connectivity index (χ0n) is 13.8. The fourth-order valence-corrected chi connectivity index (χ4v) is 4.04. The summed E-state index contributed by atoms with van der Waals surface area (Å²) in [6, 6.07) is 18.6. The maximum atomic E-state index is 12.8. The fourth-order valence-electron chi connectivity index (χ4n) is 2.91. The van der Waals surface area contributed by atoms with Crippen molar-refractivity contribution in [3.05, 3.63) is 81.6 Å². The second-order valence-electron chi connectivity index (χ2n) is 5.98. The van der Waals surface area contributed by atoms with E-state index in [1.807, 2.05) is 55.5 Å². The SMILES string of the molecule is Cc1ccc(C2Sc3nc(-c4ccccc4)c(C#N)c(=O)n3C2=O)cc1. The molecule has 3 aromatic rings. The summed E-state index contributed by atoms with van der Waals surface area (Å²) < 4.78 is 1.03. The predicted molar refractivity (Wildman–Crippen MR) is 99.1 cm³/mol. The van der Waals surface area contributed by atoms with Gasteiger partial charge in [0.25, 0.3) is 11.5 Å². The molecule has 1 aliphatic rings. The Kier molecular flexibility index (Phi) is 3.94. The number of hydrogen-bond acceptors (Lipinski definition) is 5. The minimum Gasteiger partial charge on any atom is -0.272 e. The standard InChI is InChI=1S/C20H13N3O2S/c1-12-7-9-14(10-8-12)17-19(25)23-18(24)15(11-21)16(22-20(23)26-17)13-5-3-2-4-6-13/h2-10,17H,1H3. The van der Waals surface area contributed by atoms with E-state index >= 15 is 0 Å². The van der Waals surface area contributed by atoms with Crippen LogP contribution in [0.3, 0.4) is 0 Å². The summed E-state index contributed by atoms with van der Waals surface area (Å²) in [5.41, 5.74) is 2.18. The van der Waals surface area contributed by atoms with Crippen molar-refractivity contribution < 1.29 is 4.79 Å². The molecule has 0 spiro atoms. The van der Waals surface area contributed by atoms with Crippen molar-refractivity contribution in [2.75, 3.05) is 0 Å². The number of hydrogen-bond donors (Lipinski definition) is 0. The molecule has 1 aliphatic heterocycles. The highest BCUT2D eigenvalue weighted by molar-refractivity contribution is 8.00. The number of carbonyl (C=O) groups excluding carboxylic acids is 1. The van der Waals surface area contributed by atoms with Gasteiger partial charge in [0.1, 0.15) is 16.9 Å². The number of nitrogens with zero attached hydrogens (tertiary/aromatic N) is 3. The topological polar surface area (TPSA) is 75.8 Å². The van der Waals surface area contributed by atoms with Crippen LogP contribution < -0.4 is 5.56 Å². The van der Waals surface area contributed by atoms with Crippen molar-refractivity contribution in [1.82, 2.24) is 9.55 Å². The number of aromatic nitrogens is 2. The monoisotopic (exact) mass is 359 g/mol. The van der Waals surface area contributed by atoms with Gasteiger partial charge in [-0.2, -0.15) is 5.26 Å². The highest BCUT2D eigenvalue weighted by Crippen LogP contribution is 2.41. The summed E-state index contributed by atoms with van der Waals surface area (Å²) in [5, 5.41) is 9.26. The molecule has 1 atom stereocenters. The van der Waals surface area contributed by atoms with Crippen LogP contribution in [0, 0.1) is 18.3 Å². The first kappa shape index (κ1) is 16.3. The number of thioether (sulfide) groups is 1. The van der Waals surface area contributed by atoms with Crippen LogP contribution in [0.4, 0.5) is 0 Å². The highest BCUT2D eigenvalue weighted by Gasteiger charge is 2.36. The lowest BCUT2D eigenvalue weighted by Crippen LogP contribution is -2.29. The molecule has 0 aliphatic carbocycles. The summed E-state index contributed by atoms with van der Waals surface area (Å²) in [4.78, 5) is 30.1. The number of nitriles is 1. The van der Waals surface area contributed by atoms with Gasteiger partial charge in [0, 0.05) is 5.56 Å². The molecule has 26 heavy (non-hydrogen) atoms. The van der Waals surface area contributed by atoms with E-state index in [1.165, 1.54) is 11.8 Å². The second kappa shape index (κ2) is 6.28. The number of carbonyl (C=O) groups is 1. The molecule has 126 valence electrons. The van der Waals surface area contributed by atoms with Crippen molar-refractivity contribution in [3.8, 4) is 17.3 Å². The molecule has 0 amide bonds. The maximum absolute atomic E-state index is 12.8. The van der Waals surface area contributed by atoms with Gasteiger partial charge in [0.15, 0.2) is 5.16 Å². The summed E-state index contributed by atoms with van der Waals surface area (Å²) in [7, 11) is 0. The molecule has 1 aromatic heterocycles. The lowest BCUT2D eigenvalue weighted by molar-refractivity contribution is 0.0903. The van der Waals surface area contributed by atoms with E-state index in [-0.39, 0.29) is 11.5 Å². The zero-order chi connectivity index (χ0) is 18.3. The van der Waals surface area contributed by atoms with Gasteiger partial charge < -0.3 is 0 Å². The molecule has 6 heteroatoms. The van der Waals surface area contributed by atoms with Gasteiger partial charge in [-0.1, -0.05) is 71.9 Å². The minimum absolute atomic E-state index is 0.113. The Balaban J connectivity index is 1.87. The van der Waals surface area contributed by atoms with E-state index in [0.717, 1.165) is 15.7 Å². The number of fused-ring (bicyclic) bond motifs is 1. The molecule has 0 N–H and O–H groups in total. The summed E-state index contributed by atoms with van der Waals surface area (Å²) in [6.45, 7) is 1.97. The Bertz CT molecular complexity index is 1110. The Morgan fingerprint density at radius 3 is 2.42 bits per heavy atom. The molecular formula is C20H13N3O2S. The smallest absolute Gasteiger partial charge is 0.272 e. The predicted octanol–water partition coefficient (Wildman–Crippen LogP) is 3.58. The van der Waals surface area contributed by atoms with Crippen LogP contribution in [0.2, 0.25) is 0 Å². The first-order valence-corrected chi connectivity index (χ1v) is 8.88. The van der Waals surface area contributed by atoms with Crippen LogP contribution in [0.1, 0.15) is 26.7 Å². The average Bonchev–Trinajstić information content (AvgIpc) is 3.00. The average molecular weight is 359 g/mol. The molecule has 2 aromatic carbocycles. The van der Waals surface area contributed by atoms with E-state index in [9.17, 15) is 14.9 Å². The van der Waals surface area contributed by atoms with Crippen LogP contribution >= 0.6 is 11.8 Å². The van der Waals surface area contributed by atoms with Gasteiger partial charge in [-0.25, -0.2) is 9.55 Å². The van der Waals surface area contributed by atoms with E-state index in [2.05, 4.69) is 4.98 Å². The van der Waals surface area contributed by atoms with Crippen LogP contribution in [0.15, 0.2) is 64.5 Å². The Labute approximate surface area is 153 Å². The molecule has 1 unspecified atom stereocenters. The third-order valence-corrected chi connectivity index (χ3v) is 5.45. The van der Waals surface area contributed by atoms with Crippen molar-refractivity contribution in [2.24, 2.45) is 0 Å². The van der Waals surface area contributed by atoms with Gasteiger partial charge in [0.2, 0.25) is 0 Å². The molecule has 0 fully saturated rings. The quantitative estimate of drug-likeness (QED) is 0.654. The third kappa shape index (κ3) is 2.54. The highest BCUT2D eigenvalue weighted by atomic mass is 32.2. The van der Waals surface area contributed by atoms with Gasteiger partial charge in [0.05, 0.1) is 5.69 Å². The number of aryl methyl sites for hydroxylation is 1. The fraction of sp³-hybridized carbons (Fsp3) is 0.100. The number of benzene rings is 2. The third-order valence-electron chi connectivity index (χ3n) is 4.26. The van der Waals surface area contributed by atoms with Crippen molar-refractivity contribution in [3.63, 3.8) is 0 Å². The molecule has 0 bridgehead atoms. The van der Waals surface area contributed by atoms with Crippen molar-refractivity contribution >= 4 is 17.7 Å². The van der Waals surface area contributed by atoms with Gasteiger partial charge in [-0.05, 0) is 12.5 Å². The molecule has 0 radical (unpaired) electrons. The lowest BCUT2D eigenvalue weighted by atomic mass is 10.1. The molecular weight excluding hydrogens is 346 g/mol. The number of rotatable bonds is 2. The summed E-state index contributed by atoms with van der Waals surface area (Å²) in [6.07, 6.45) is 0. The molecule has 2 heterocycles. The van der Waals surface area contributed by atoms with Crippen LogP contribution in [-0.4, -0.2) is 15.5 Å². The summed E-state index contributed by atoms with van der Waals surface area (Å²) in [5.74, 6) is -0.359.